The summed E-state index contributed by atoms with van der Waals surface area (Å²) in [6.45, 7) is 5.75. The first-order valence-corrected chi connectivity index (χ1v) is 13.1. The first-order valence-electron chi connectivity index (χ1n) is 10.1. The Balaban J connectivity index is 1.80. The van der Waals surface area contributed by atoms with Crippen LogP contribution < -0.4 is 14.8 Å². The molecule has 4 rings (SSSR count). The van der Waals surface area contributed by atoms with Gasteiger partial charge in [0.15, 0.2) is 9.84 Å². The topological polar surface area (TPSA) is 119 Å². The van der Waals surface area contributed by atoms with Crippen LogP contribution >= 0.6 is 0 Å². The fourth-order valence-corrected chi connectivity index (χ4v) is 5.97. The summed E-state index contributed by atoms with van der Waals surface area (Å²) >= 11 is 0. The summed E-state index contributed by atoms with van der Waals surface area (Å²) < 4.78 is 59.9. The van der Waals surface area contributed by atoms with Crippen molar-refractivity contribution >= 4 is 31.2 Å². The van der Waals surface area contributed by atoms with Crippen molar-refractivity contribution in [2.24, 2.45) is 0 Å². The van der Waals surface area contributed by atoms with Crippen molar-refractivity contribution in [1.29, 1.82) is 0 Å². The number of anilines is 1. The van der Waals surface area contributed by atoms with Crippen molar-refractivity contribution in [3.63, 3.8) is 0 Å². The van der Waals surface area contributed by atoms with Crippen LogP contribution in [0, 0.1) is 0 Å². The van der Waals surface area contributed by atoms with Crippen LogP contribution in [0.15, 0.2) is 47.6 Å². The largest absolute Gasteiger partial charge is 0.495 e. The van der Waals surface area contributed by atoms with Gasteiger partial charge < -0.3 is 10.1 Å². The zero-order valence-corrected chi connectivity index (χ0v) is 19.9. The van der Waals surface area contributed by atoms with Crippen molar-refractivity contribution in [2.45, 2.75) is 35.7 Å². The Hall–Kier alpha value is -2.63. The second-order valence-electron chi connectivity index (χ2n) is 8.70. The van der Waals surface area contributed by atoms with Crippen LogP contribution in [-0.4, -0.2) is 56.4 Å². The summed E-state index contributed by atoms with van der Waals surface area (Å²) in [5, 5.41) is 2.50. The predicted octanol–water partition coefficient (Wildman–Crippen LogP) is 2.30. The zero-order chi connectivity index (χ0) is 23.3. The molecule has 1 fully saturated rings. The van der Waals surface area contributed by atoms with Gasteiger partial charge in [0, 0.05) is 36.6 Å². The highest BCUT2D eigenvalue weighted by Gasteiger charge is 2.34. The number of sulfone groups is 1. The van der Waals surface area contributed by atoms with Crippen LogP contribution in [-0.2, 0) is 19.9 Å². The normalized spacial score (nSPS) is 15.5. The van der Waals surface area contributed by atoms with Gasteiger partial charge in [-0.15, -0.1) is 0 Å². The van der Waals surface area contributed by atoms with Crippen LogP contribution in [0.3, 0.4) is 0 Å². The van der Waals surface area contributed by atoms with E-state index >= 15 is 0 Å². The molecule has 2 N–H and O–H groups in total. The smallest absolute Gasteiger partial charge is 0.238 e. The van der Waals surface area contributed by atoms with E-state index in [2.05, 4.69) is 15.0 Å². The third-order valence-electron chi connectivity index (χ3n) is 5.49. The standard InChI is InChI=1S/C21H26N4O5S2/c1-21(2,3)31(26,27)19-13-25-17(12-23-20(25)9-18(19)30-4)14-6-5-7-15(8-14)24-32(28,29)16-10-22-11-16/h5-9,12-13,16,22,24H,10-11H2,1-4H3. The molecule has 172 valence electrons. The number of sulfonamides is 1. The number of nitrogens with one attached hydrogen (secondary N) is 2. The third kappa shape index (κ3) is 3.84. The van der Waals surface area contributed by atoms with E-state index in [1.165, 1.54) is 13.3 Å². The Bertz CT molecular complexity index is 1390. The van der Waals surface area contributed by atoms with E-state index in [1.54, 1.807) is 55.6 Å². The molecule has 0 spiro atoms. The molecular weight excluding hydrogens is 452 g/mol. The molecule has 3 heterocycles. The first kappa shape index (κ1) is 22.6. The lowest BCUT2D eigenvalue weighted by atomic mass is 10.1. The van der Waals surface area contributed by atoms with E-state index in [0.29, 0.717) is 35.7 Å². The number of benzene rings is 1. The molecule has 1 saturated heterocycles. The Morgan fingerprint density at radius 3 is 2.47 bits per heavy atom. The van der Waals surface area contributed by atoms with Crippen molar-refractivity contribution in [3.8, 4) is 17.0 Å². The fraction of sp³-hybridized carbons (Fsp3) is 0.381. The Labute approximate surface area is 187 Å². The summed E-state index contributed by atoms with van der Waals surface area (Å²) in [6, 6.07) is 8.51. The molecule has 3 aromatic rings. The minimum atomic E-state index is -3.70. The molecule has 9 nitrogen and oxygen atoms in total. The van der Waals surface area contributed by atoms with Gasteiger partial charge in [-0.3, -0.25) is 9.12 Å². The quantitative estimate of drug-likeness (QED) is 0.558. The van der Waals surface area contributed by atoms with Crippen molar-refractivity contribution < 1.29 is 21.6 Å². The van der Waals surface area contributed by atoms with Gasteiger partial charge in [-0.05, 0) is 32.9 Å². The van der Waals surface area contributed by atoms with Crippen LogP contribution in [0.5, 0.6) is 5.75 Å². The van der Waals surface area contributed by atoms with E-state index in [-0.39, 0.29) is 10.6 Å². The Morgan fingerprint density at radius 2 is 1.88 bits per heavy atom. The Kier molecular flexibility index (Phi) is 5.46. The lowest BCUT2D eigenvalue weighted by Gasteiger charge is -2.27. The molecule has 1 aliphatic heterocycles. The fourth-order valence-electron chi connectivity index (χ4n) is 3.36. The number of hydrogen-bond donors (Lipinski definition) is 2. The maximum absolute atomic E-state index is 13.2. The average Bonchev–Trinajstić information content (AvgIpc) is 3.07. The minimum absolute atomic E-state index is 0.0635. The number of fused-ring (bicyclic) bond motifs is 1. The number of pyridine rings is 1. The maximum atomic E-state index is 13.2. The molecule has 1 aromatic carbocycles. The molecule has 0 atom stereocenters. The lowest BCUT2D eigenvalue weighted by Crippen LogP contribution is -2.53. The molecule has 0 aliphatic carbocycles. The van der Waals surface area contributed by atoms with E-state index < -0.39 is 29.9 Å². The van der Waals surface area contributed by atoms with Crippen LogP contribution in [0.2, 0.25) is 0 Å². The first-order chi connectivity index (χ1) is 14.9. The lowest BCUT2D eigenvalue weighted by molar-refractivity contribution is 0.401. The molecular formula is C21H26N4O5S2. The van der Waals surface area contributed by atoms with Crippen molar-refractivity contribution in [2.75, 3.05) is 24.9 Å². The number of rotatable bonds is 6. The molecule has 2 aromatic heterocycles. The van der Waals surface area contributed by atoms with Gasteiger partial charge in [0.1, 0.15) is 21.5 Å². The summed E-state index contributed by atoms with van der Waals surface area (Å²) in [6.07, 6.45) is 3.12. The Morgan fingerprint density at radius 1 is 1.16 bits per heavy atom. The number of nitrogens with zero attached hydrogens (tertiary/aromatic N) is 2. The predicted molar refractivity (Wildman–Crippen MR) is 123 cm³/mol. The molecule has 1 aliphatic rings. The number of methoxy groups -OCH3 is 1. The van der Waals surface area contributed by atoms with E-state index in [1.807, 2.05) is 6.07 Å². The average molecular weight is 479 g/mol. The zero-order valence-electron chi connectivity index (χ0n) is 18.3. The van der Waals surface area contributed by atoms with Gasteiger partial charge in [0.2, 0.25) is 10.0 Å². The molecule has 0 unspecified atom stereocenters. The van der Waals surface area contributed by atoms with Gasteiger partial charge >= 0.3 is 0 Å². The summed E-state index contributed by atoms with van der Waals surface area (Å²) in [7, 11) is -5.76. The molecule has 0 amide bonds. The number of aromatic nitrogens is 2. The highest BCUT2D eigenvalue weighted by atomic mass is 32.2. The molecule has 32 heavy (non-hydrogen) atoms. The van der Waals surface area contributed by atoms with Gasteiger partial charge in [-0.1, -0.05) is 12.1 Å². The monoisotopic (exact) mass is 478 g/mol. The summed E-state index contributed by atoms with van der Waals surface area (Å²) in [5.74, 6) is 0.222. The second-order valence-corrected chi connectivity index (χ2v) is 13.3. The summed E-state index contributed by atoms with van der Waals surface area (Å²) in [5.41, 5.74) is 2.25. The SMILES string of the molecule is COc1cc2ncc(-c3cccc(NS(=O)(=O)C4CNC4)c3)n2cc1S(=O)(=O)C(C)(C)C. The van der Waals surface area contributed by atoms with Crippen LogP contribution in [0.1, 0.15) is 20.8 Å². The van der Waals surface area contributed by atoms with Crippen molar-refractivity contribution in [1.82, 2.24) is 14.7 Å². The van der Waals surface area contributed by atoms with E-state index in [4.69, 9.17) is 4.74 Å². The van der Waals surface area contributed by atoms with Crippen molar-refractivity contribution in [3.05, 3.63) is 42.7 Å². The van der Waals surface area contributed by atoms with Gasteiger partial charge in [-0.2, -0.15) is 0 Å². The highest BCUT2D eigenvalue weighted by molar-refractivity contribution is 7.93. The second kappa shape index (κ2) is 7.75. The molecule has 0 saturated carbocycles. The van der Waals surface area contributed by atoms with E-state index in [0.717, 1.165) is 0 Å². The van der Waals surface area contributed by atoms with Crippen LogP contribution in [0.4, 0.5) is 5.69 Å². The molecule has 0 bridgehead atoms. The highest BCUT2D eigenvalue weighted by Crippen LogP contribution is 2.34. The molecule has 0 radical (unpaired) electrons. The van der Waals surface area contributed by atoms with E-state index in [9.17, 15) is 16.8 Å². The summed E-state index contributed by atoms with van der Waals surface area (Å²) in [4.78, 5) is 4.45. The van der Waals surface area contributed by atoms with Gasteiger partial charge in [0.05, 0.1) is 23.7 Å². The van der Waals surface area contributed by atoms with Crippen LogP contribution in [0.25, 0.3) is 16.9 Å². The molecule has 11 heteroatoms. The van der Waals surface area contributed by atoms with Gasteiger partial charge in [-0.25, -0.2) is 21.8 Å². The number of hydrogen-bond acceptors (Lipinski definition) is 7. The number of ether oxygens (including phenoxy) is 1. The third-order valence-corrected chi connectivity index (χ3v) is 9.72. The van der Waals surface area contributed by atoms with Gasteiger partial charge in [0.25, 0.3) is 0 Å². The maximum Gasteiger partial charge on any atom is 0.238 e. The number of imidazole rings is 1. The minimum Gasteiger partial charge on any atom is -0.495 e.